The van der Waals surface area contributed by atoms with Gasteiger partial charge in [-0.25, -0.2) is 0 Å². The van der Waals surface area contributed by atoms with Gasteiger partial charge in [0, 0.05) is 5.92 Å². The molecule has 0 fully saturated rings. The molecule has 1 aromatic carbocycles. The molecule has 0 spiro atoms. The number of hydrogen-bond donors (Lipinski definition) is 0. The Morgan fingerprint density at radius 1 is 1.19 bits per heavy atom. The highest BCUT2D eigenvalue weighted by Crippen LogP contribution is 2.37. The van der Waals surface area contributed by atoms with E-state index in [2.05, 4.69) is 5.92 Å². The predicted molar refractivity (Wildman–Crippen MR) is 57.9 cm³/mol. The minimum Gasteiger partial charge on any atom is -0.166 e. The number of halogens is 3. The van der Waals surface area contributed by atoms with Gasteiger partial charge in [0.1, 0.15) is 0 Å². The normalized spacial score (nSPS) is 13.6. The van der Waals surface area contributed by atoms with Crippen molar-refractivity contribution < 1.29 is 13.2 Å². The van der Waals surface area contributed by atoms with Gasteiger partial charge in [-0.3, -0.25) is 0 Å². The van der Waals surface area contributed by atoms with Crippen molar-refractivity contribution in [3.05, 3.63) is 35.4 Å². The fourth-order valence-electron chi connectivity index (χ4n) is 1.67. The second-order valence-electron chi connectivity index (χ2n) is 3.97. The van der Waals surface area contributed by atoms with Crippen LogP contribution in [-0.2, 0) is 6.18 Å². The lowest BCUT2D eigenvalue weighted by atomic mass is 9.86. The first-order valence-corrected chi connectivity index (χ1v) is 5.00. The quantitative estimate of drug-likeness (QED) is 0.666. The fraction of sp³-hybridized carbons (Fsp3) is 0.385. The summed E-state index contributed by atoms with van der Waals surface area (Å²) in [7, 11) is 0. The molecule has 0 saturated heterocycles. The van der Waals surface area contributed by atoms with Crippen molar-refractivity contribution >= 4 is 0 Å². The molecule has 0 radical (unpaired) electrons. The molecule has 0 nitrogen and oxygen atoms in total. The molecule has 0 bridgehead atoms. The molecule has 16 heavy (non-hydrogen) atoms. The van der Waals surface area contributed by atoms with E-state index in [9.17, 15) is 13.2 Å². The third kappa shape index (κ3) is 2.57. The number of hydrogen-bond acceptors (Lipinski definition) is 0. The standard InChI is InChI=1S/C13H13F3/c1-4-10(9(2)3)11-7-5-6-8-12(11)13(14,15)16/h1,5-10H,2-3H3. The van der Waals surface area contributed by atoms with Gasteiger partial charge in [0.15, 0.2) is 0 Å². The van der Waals surface area contributed by atoms with Crippen molar-refractivity contribution in [2.75, 3.05) is 0 Å². The Kier molecular flexibility index (Phi) is 3.64. The van der Waals surface area contributed by atoms with Crippen LogP contribution in [0.3, 0.4) is 0 Å². The molecule has 0 heterocycles. The van der Waals surface area contributed by atoms with Gasteiger partial charge in [0.25, 0.3) is 0 Å². The first kappa shape index (κ1) is 12.6. The summed E-state index contributed by atoms with van der Waals surface area (Å²) in [6.07, 6.45) is 0.954. The summed E-state index contributed by atoms with van der Waals surface area (Å²) in [4.78, 5) is 0. The summed E-state index contributed by atoms with van der Waals surface area (Å²) in [5.74, 6) is 1.91. The van der Waals surface area contributed by atoms with Gasteiger partial charge < -0.3 is 0 Å². The second kappa shape index (κ2) is 4.61. The molecule has 0 aliphatic carbocycles. The molecule has 0 aromatic heterocycles. The van der Waals surface area contributed by atoms with Crippen molar-refractivity contribution in [3.63, 3.8) is 0 Å². The molecule has 0 aliphatic heterocycles. The van der Waals surface area contributed by atoms with Gasteiger partial charge in [0.05, 0.1) is 5.56 Å². The SMILES string of the molecule is C#CC(c1ccccc1C(F)(F)F)C(C)C. The smallest absolute Gasteiger partial charge is 0.166 e. The molecule has 1 rings (SSSR count). The minimum absolute atomic E-state index is 0.0199. The zero-order chi connectivity index (χ0) is 12.3. The first-order chi connectivity index (χ1) is 7.38. The lowest BCUT2D eigenvalue weighted by molar-refractivity contribution is -0.138. The van der Waals surface area contributed by atoms with E-state index in [0.29, 0.717) is 0 Å². The van der Waals surface area contributed by atoms with Gasteiger partial charge in [0.2, 0.25) is 0 Å². The highest BCUT2D eigenvalue weighted by atomic mass is 19.4. The molecule has 1 unspecified atom stereocenters. The van der Waals surface area contributed by atoms with Gasteiger partial charge in [-0.1, -0.05) is 38.0 Å². The molecular formula is C13H13F3. The van der Waals surface area contributed by atoms with Gasteiger partial charge >= 0.3 is 6.18 Å². The fourth-order valence-corrected chi connectivity index (χ4v) is 1.67. The minimum atomic E-state index is -4.35. The van der Waals surface area contributed by atoms with E-state index in [1.54, 1.807) is 6.07 Å². The second-order valence-corrected chi connectivity index (χ2v) is 3.97. The van der Waals surface area contributed by atoms with Crippen LogP contribution in [0.4, 0.5) is 13.2 Å². The number of rotatable bonds is 2. The maximum atomic E-state index is 12.7. The average Bonchev–Trinajstić information content (AvgIpc) is 2.17. The van der Waals surface area contributed by atoms with E-state index in [4.69, 9.17) is 6.42 Å². The van der Waals surface area contributed by atoms with Crippen molar-refractivity contribution in [1.29, 1.82) is 0 Å². The molecule has 3 heteroatoms. The Bertz CT molecular complexity index is 396. The van der Waals surface area contributed by atoms with E-state index in [-0.39, 0.29) is 11.5 Å². The van der Waals surface area contributed by atoms with Crippen molar-refractivity contribution in [2.24, 2.45) is 5.92 Å². The van der Waals surface area contributed by atoms with E-state index in [1.165, 1.54) is 12.1 Å². The molecule has 1 aromatic rings. The third-order valence-corrected chi connectivity index (χ3v) is 2.45. The summed E-state index contributed by atoms with van der Waals surface area (Å²) < 4.78 is 38.2. The summed E-state index contributed by atoms with van der Waals surface area (Å²) >= 11 is 0. The lowest BCUT2D eigenvalue weighted by Gasteiger charge is -2.20. The number of terminal acetylenes is 1. The zero-order valence-corrected chi connectivity index (χ0v) is 9.18. The highest BCUT2D eigenvalue weighted by molar-refractivity contribution is 5.37. The Hall–Kier alpha value is -1.43. The van der Waals surface area contributed by atoms with Crippen LogP contribution in [0.15, 0.2) is 24.3 Å². The van der Waals surface area contributed by atoms with Crippen LogP contribution in [0, 0.1) is 18.3 Å². The van der Waals surface area contributed by atoms with Crippen LogP contribution in [0.5, 0.6) is 0 Å². The molecule has 86 valence electrons. The highest BCUT2D eigenvalue weighted by Gasteiger charge is 2.35. The number of benzene rings is 1. The monoisotopic (exact) mass is 226 g/mol. The lowest BCUT2D eigenvalue weighted by Crippen LogP contribution is -2.14. The maximum Gasteiger partial charge on any atom is 0.416 e. The van der Waals surface area contributed by atoms with E-state index < -0.39 is 17.7 Å². The summed E-state index contributed by atoms with van der Waals surface area (Å²) in [5, 5.41) is 0. The van der Waals surface area contributed by atoms with Crippen LogP contribution in [0.25, 0.3) is 0 Å². The molecule has 0 N–H and O–H groups in total. The van der Waals surface area contributed by atoms with Crippen LogP contribution in [-0.4, -0.2) is 0 Å². The van der Waals surface area contributed by atoms with Crippen LogP contribution in [0.2, 0.25) is 0 Å². The van der Waals surface area contributed by atoms with Crippen LogP contribution in [0.1, 0.15) is 30.9 Å². The predicted octanol–water partition coefficient (Wildman–Crippen LogP) is 4.08. The van der Waals surface area contributed by atoms with Gasteiger partial charge in [-0.15, -0.1) is 6.42 Å². The molecule has 1 atom stereocenters. The Labute approximate surface area is 93.5 Å². The molecule has 0 saturated carbocycles. The summed E-state index contributed by atoms with van der Waals surface area (Å²) in [6.45, 7) is 3.63. The summed E-state index contributed by atoms with van der Waals surface area (Å²) in [6, 6.07) is 5.48. The van der Waals surface area contributed by atoms with E-state index in [1.807, 2.05) is 13.8 Å². The van der Waals surface area contributed by atoms with Gasteiger partial charge in [-0.2, -0.15) is 13.2 Å². The van der Waals surface area contributed by atoms with Crippen LogP contribution < -0.4 is 0 Å². The number of alkyl halides is 3. The third-order valence-electron chi connectivity index (χ3n) is 2.45. The largest absolute Gasteiger partial charge is 0.416 e. The van der Waals surface area contributed by atoms with Crippen LogP contribution >= 0.6 is 0 Å². The van der Waals surface area contributed by atoms with Gasteiger partial charge in [-0.05, 0) is 17.5 Å². The van der Waals surface area contributed by atoms with Crippen molar-refractivity contribution in [1.82, 2.24) is 0 Å². The Morgan fingerprint density at radius 2 is 1.75 bits per heavy atom. The topological polar surface area (TPSA) is 0 Å². The Morgan fingerprint density at radius 3 is 2.19 bits per heavy atom. The molecule has 0 aliphatic rings. The Balaban J connectivity index is 3.29. The molecule has 0 amide bonds. The van der Waals surface area contributed by atoms with E-state index >= 15 is 0 Å². The summed E-state index contributed by atoms with van der Waals surface area (Å²) in [5.41, 5.74) is -0.445. The van der Waals surface area contributed by atoms with Crippen molar-refractivity contribution in [2.45, 2.75) is 25.9 Å². The zero-order valence-electron chi connectivity index (χ0n) is 9.18. The molecular weight excluding hydrogens is 213 g/mol. The first-order valence-electron chi connectivity index (χ1n) is 5.00. The van der Waals surface area contributed by atoms with Crippen molar-refractivity contribution in [3.8, 4) is 12.3 Å². The van der Waals surface area contributed by atoms with E-state index in [0.717, 1.165) is 6.07 Å². The average molecular weight is 226 g/mol. The maximum absolute atomic E-state index is 12.7.